The molecule has 1 unspecified atom stereocenters. The number of sulfone groups is 1. The molecule has 0 aromatic heterocycles. The second-order valence-electron chi connectivity index (χ2n) is 4.46. The Bertz CT molecular complexity index is 505. The quantitative estimate of drug-likeness (QED) is 0.873. The topological polar surface area (TPSA) is 63.4 Å². The summed E-state index contributed by atoms with van der Waals surface area (Å²) < 4.78 is 36.5. The summed E-state index contributed by atoms with van der Waals surface area (Å²) >= 11 is 0. The zero-order valence-corrected chi connectivity index (χ0v) is 10.9. The molecule has 2 N–H and O–H groups in total. The standard InChI is InChI=1S/C12H17FN2O2S/c13-11-4-2-1-3-10(11)12(9-14)15-5-7-18(16,17)8-6-15/h1-4,12H,5-9,14H2. The van der Waals surface area contributed by atoms with Gasteiger partial charge < -0.3 is 5.73 Å². The molecule has 0 amide bonds. The van der Waals surface area contributed by atoms with Gasteiger partial charge in [0.05, 0.1) is 11.5 Å². The van der Waals surface area contributed by atoms with E-state index in [2.05, 4.69) is 0 Å². The van der Waals surface area contributed by atoms with Crippen molar-refractivity contribution in [3.05, 3.63) is 35.6 Å². The SMILES string of the molecule is NCC(c1ccccc1F)N1CCS(=O)(=O)CC1. The summed E-state index contributed by atoms with van der Waals surface area (Å²) in [6.45, 7) is 1.11. The third-order valence-electron chi connectivity index (χ3n) is 3.31. The molecule has 0 radical (unpaired) electrons. The third-order valence-corrected chi connectivity index (χ3v) is 4.92. The second kappa shape index (κ2) is 5.34. The van der Waals surface area contributed by atoms with Crippen LogP contribution in [0.3, 0.4) is 0 Å². The van der Waals surface area contributed by atoms with Crippen LogP contribution in [-0.4, -0.2) is 44.5 Å². The first kappa shape index (κ1) is 13.5. The molecule has 2 rings (SSSR count). The molecular formula is C12H17FN2O2S. The molecule has 0 spiro atoms. The molecule has 1 fully saturated rings. The van der Waals surface area contributed by atoms with Crippen molar-refractivity contribution in [2.24, 2.45) is 5.73 Å². The molecule has 4 nitrogen and oxygen atoms in total. The van der Waals surface area contributed by atoms with Crippen LogP contribution < -0.4 is 5.73 Å². The van der Waals surface area contributed by atoms with Gasteiger partial charge in [0.25, 0.3) is 0 Å². The van der Waals surface area contributed by atoms with Crippen molar-refractivity contribution < 1.29 is 12.8 Å². The van der Waals surface area contributed by atoms with Gasteiger partial charge in [-0.15, -0.1) is 0 Å². The Balaban J connectivity index is 2.18. The van der Waals surface area contributed by atoms with Crippen LogP contribution in [0.25, 0.3) is 0 Å². The maximum absolute atomic E-state index is 13.7. The highest BCUT2D eigenvalue weighted by Gasteiger charge is 2.28. The monoisotopic (exact) mass is 272 g/mol. The zero-order chi connectivity index (χ0) is 13.2. The van der Waals surface area contributed by atoms with Crippen LogP contribution in [0.2, 0.25) is 0 Å². The summed E-state index contributed by atoms with van der Waals surface area (Å²) in [5.74, 6) is -0.0445. The van der Waals surface area contributed by atoms with Crippen molar-refractivity contribution in [1.29, 1.82) is 0 Å². The predicted molar refractivity (Wildman–Crippen MR) is 68.4 cm³/mol. The van der Waals surface area contributed by atoms with E-state index in [0.29, 0.717) is 18.7 Å². The highest BCUT2D eigenvalue weighted by molar-refractivity contribution is 7.91. The maximum atomic E-state index is 13.7. The second-order valence-corrected chi connectivity index (χ2v) is 6.76. The van der Waals surface area contributed by atoms with Crippen LogP contribution >= 0.6 is 0 Å². The van der Waals surface area contributed by atoms with Gasteiger partial charge in [-0.25, -0.2) is 12.8 Å². The fourth-order valence-corrected chi connectivity index (χ4v) is 3.49. The molecule has 18 heavy (non-hydrogen) atoms. The normalized spacial score (nSPS) is 21.7. The molecule has 100 valence electrons. The number of halogens is 1. The van der Waals surface area contributed by atoms with Gasteiger partial charge in [0.1, 0.15) is 5.82 Å². The van der Waals surface area contributed by atoms with E-state index in [9.17, 15) is 12.8 Å². The average Bonchev–Trinajstić information content (AvgIpc) is 2.34. The van der Waals surface area contributed by atoms with Crippen molar-refractivity contribution in [2.45, 2.75) is 6.04 Å². The van der Waals surface area contributed by atoms with Crippen molar-refractivity contribution >= 4 is 9.84 Å². The minimum atomic E-state index is -2.93. The van der Waals surface area contributed by atoms with E-state index in [0.717, 1.165) is 0 Å². The third kappa shape index (κ3) is 2.88. The van der Waals surface area contributed by atoms with Gasteiger partial charge in [-0.1, -0.05) is 18.2 Å². The van der Waals surface area contributed by atoms with Gasteiger partial charge in [0.15, 0.2) is 9.84 Å². The molecule has 1 aromatic rings. The largest absolute Gasteiger partial charge is 0.329 e. The van der Waals surface area contributed by atoms with Gasteiger partial charge in [0, 0.05) is 31.2 Å². The summed E-state index contributed by atoms with van der Waals surface area (Å²) in [6, 6.07) is 6.26. The molecule has 1 aliphatic heterocycles. The van der Waals surface area contributed by atoms with Gasteiger partial charge in [-0.3, -0.25) is 4.90 Å². The Labute approximate surface area is 107 Å². The molecule has 0 aliphatic carbocycles. The highest BCUT2D eigenvalue weighted by Crippen LogP contribution is 2.23. The van der Waals surface area contributed by atoms with E-state index in [1.54, 1.807) is 18.2 Å². The molecule has 0 bridgehead atoms. The zero-order valence-electron chi connectivity index (χ0n) is 10.0. The van der Waals surface area contributed by atoms with Gasteiger partial charge in [-0.05, 0) is 6.07 Å². The number of rotatable bonds is 3. The van der Waals surface area contributed by atoms with Crippen molar-refractivity contribution in [2.75, 3.05) is 31.1 Å². The summed E-state index contributed by atoms with van der Waals surface area (Å²) in [6.07, 6.45) is 0. The lowest BCUT2D eigenvalue weighted by atomic mass is 10.0. The molecule has 1 atom stereocenters. The van der Waals surface area contributed by atoms with Gasteiger partial charge >= 0.3 is 0 Å². The van der Waals surface area contributed by atoms with Crippen molar-refractivity contribution in [3.63, 3.8) is 0 Å². The fourth-order valence-electron chi connectivity index (χ4n) is 2.26. The molecule has 0 saturated carbocycles. The first-order valence-electron chi connectivity index (χ1n) is 5.92. The average molecular weight is 272 g/mol. The number of nitrogens with zero attached hydrogens (tertiary/aromatic N) is 1. The molecule has 1 heterocycles. The lowest BCUT2D eigenvalue weighted by Crippen LogP contribution is -2.44. The van der Waals surface area contributed by atoms with Crippen LogP contribution in [0, 0.1) is 5.82 Å². The van der Waals surface area contributed by atoms with Crippen LogP contribution in [0.4, 0.5) is 4.39 Å². The predicted octanol–water partition coefficient (Wildman–Crippen LogP) is 0.556. The lowest BCUT2D eigenvalue weighted by Gasteiger charge is -2.34. The van der Waals surface area contributed by atoms with E-state index in [1.807, 2.05) is 4.90 Å². The number of nitrogens with two attached hydrogens (primary N) is 1. The molecular weight excluding hydrogens is 255 g/mol. The van der Waals surface area contributed by atoms with E-state index in [4.69, 9.17) is 5.73 Å². The Morgan fingerprint density at radius 2 is 1.89 bits per heavy atom. The van der Waals surface area contributed by atoms with Gasteiger partial charge in [-0.2, -0.15) is 0 Å². The summed E-state index contributed by atoms with van der Waals surface area (Å²) in [5, 5.41) is 0. The minimum absolute atomic E-state index is 0.123. The smallest absolute Gasteiger partial charge is 0.152 e. The molecule has 6 heteroatoms. The van der Waals surface area contributed by atoms with Crippen molar-refractivity contribution in [1.82, 2.24) is 4.90 Å². The van der Waals surface area contributed by atoms with E-state index < -0.39 is 9.84 Å². The molecule has 1 aromatic carbocycles. The number of hydrogen-bond donors (Lipinski definition) is 1. The van der Waals surface area contributed by atoms with E-state index in [1.165, 1.54) is 6.07 Å². The van der Waals surface area contributed by atoms with Crippen LogP contribution in [0.5, 0.6) is 0 Å². The fraction of sp³-hybridized carbons (Fsp3) is 0.500. The minimum Gasteiger partial charge on any atom is -0.329 e. The first-order valence-corrected chi connectivity index (χ1v) is 7.74. The van der Waals surface area contributed by atoms with E-state index in [-0.39, 0.29) is 29.9 Å². The Morgan fingerprint density at radius 1 is 1.28 bits per heavy atom. The van der Waals surface area contributed by atoms with Crippen molar-refractivity contribution in [3.8, 4) is 0 Å². The number of hydrogen-bond acceptors (Lipinski definition) is 4. The highest BCUT2D eigenvalue weighted by atomic mass is 32.2. The van der Waals surface area contributed by atoms with Crippen LogP contribution in [0.15, 0.2) is 24.3 Å². The Kier molecular flexibility index (Phi) is 3.99. The van der Waals surface area contributed by atoms with E-state index >= 15 is 0 Å². The molecule has 1 saturated heterocycles. The van der Waals surface area contributed by atoms with Crippen LogP contribution in [0.1, 0.15) is 11.6 Å². The first-order chi connectivity index (χ1) is 8.53. The summed E-state index contributed by atoms with van der Waals surface area (Å²) in [7, 11) is -2.93. The lowest BCUT2D eigenvalue weighted by molar-refractivity contribution is 0.214. The summed E-state index contributed by atoms with van der Waals surface area (Å²) in [5.41, 5.74) is 6.26. The maximum Gasteiger partial charge on any atom is 0.152 e. The van der Waals surface area contributed by atoms with Gasteiger partial charge in [0.2, 0.25) is 0 Å². The number of benzene rings is 1. The summed E-state index contributed by atoms with van der Waals surface area (Å²) in [4.78, 5) is 1.94. The van der Waals surface area contributed by atoms with Crippen LogP contribution in [-0.2, 0) is 9.84 Å². The Morgan fingerprint density at radius 3 is 2.44 bits per heavy atom. The Hall–Kier alpha value is -0.980. The molecule has 1 aliphatic rings.